The zero-order valence-corrected chi connectivity index (χ0v) is 16.3. The van der Waals surface area contributed by atoms with E-state index < -0.39 is 28.7 Å². The zero-order chi connectivity index (χ0) is 21.2. The van der Waals surface area contributed by atoms with Gasteiger partial charge in [-0.3, -0.25) is 40.3 Å². The molecule has 0 saturated carbocycles. The minimum atomic E-state index is -0.946. The highest BCUT2D eigenvalue weighted by atomic mass is 32.2. The molecular weight excluding hydrogens is 398 g/mol. The van der Waals surface area contributed by atoms with E-state index in [4.69, 9.17) is 0 Å². The third-order valence-corrected chi connectivity index (χ3v) is 4.39. The average molecular weight is 417 g/mol. The fraction of sp³-hybridized carbons (Fsp3) is 0.222. The first kappa shape index (κ1) is 21.8. The van der Waals surface area contributed by atoms with Gasteiger partial charge in [-0.25, -0.2) is 0 Å². The van der Waals surface area contributed by atoms with Gasteiger partial charge in [0.15, 0.2) is 0 Å². The van der Waals surface area contributed by atoms with Crippen LogP contribution in [-0.4, -0.2) is 45.7 Å². The van der Waals surface area contributed by atoms with Gasteiger partial charge in [-0.15, -0.1) is 0 Å². The number of aromatic nitrogens is 1. The molecule has 0 aliphatic heterocycles. The molecule has 1 unspecified atom stereocenters. The largest absolute Gasteiger partial charge is 0.340 e. The molecule has 152 valence electrons. The number of nitro benzene ring substituents is 1. The van der Waals surface area contributed by atoms with Gasteiger partial charge in [0.25, 0.3) is 23.4 Å². The van der Waals surface area contributed by atoms with Crippen LogP contribution in [0.25, 0.3) is 0 Å². The van der Waals surface area contributed by atoms with Gasteiger partial charge in [0.2, 0.25) is 0 Å². The van der Waals surface area contributed by atoms with Crippen LogP contribution in [0, 0.1) is 10.1 Å². The van der Waals surface area contributed by atoms with Crippen LogP contribution in [0.15, 0.2) is 48.7 Å². The molecule has 0 saturated heterocycles. The van der Waals surface area contributed by atoms with E-state index in [1.54, 1.807) is 12.1 Å². The summed E-state index contributed by atoms with van der Waals surface area (Å²) >= 11 is 1.48. The Hall–Kier alpha value is -3.47. The molecule has 2 aromatic rings. The monoisotopic (exact) mass is 417 g/mol. The lowest BCUT2D eigenvalue weighted by atomic mass is 10.1. The summed E-state index contributed by atoms with van der Waals surface area (Å²) in [6.07, 6.45) is 3.59. The van der Waals surface area contributed by atoms with Gasteiger partial charge < -0.3 is 5.32 Å². The van der Waals surface area contributed by atoms with E-state index in [-0.39, 0.29) is 16.9 Å². The number of benzene rings is 1. The molecule has 0 aliphatic carbocycles. The second-order valence-corrected chi connectivity index (χ2v) is 6.76. The lowest BCUT2D eigenvalue weighted by Gasteiger charge is -2.18. The number of hydrogen-bond donors (Lipinski definition) is 3. The van der Waals surface area contributed by atoms with Gasteiger partial charge in [0.05, 0.1) is 4.92 Å². The fourth-order valence-electron chi connectivity index (χ4n) is 2.27. The lowest BCUT2D eigenvalue weighted by Crippen LogP contribution is -2.52. The molecule has 0 fully saturated rings. The Labute approximate surface area is 170 Å². The molecule has 1 aromatic heterocycles. The van der Waals surface area contributed by atoms with Crippen LogP contribution < -0.4 is 16.2 Å². The van der Waals surface area contributed by atoms with Gasteiger partial charge in [0.1, 0.15) is 11.7 Å². The molecule has 0 radical (unpaired) electrons. The maximum atomic E-state index is 12.4. The Morgan fingerprint density at radius 2 is 1.93 bits per heavy atom. The summed E-state index contributed by atoms with van der Waals surface area (Å²) in [6, 6.07) is 9.01. The standard InChI is InChI=1S/C18H19N5O5S/c1-29-10-8-15(18(26)22-21-17(25)14-7-2-3-9-19-14)20-16(24)12-5-4-6-13(11-12)23(27)28/h2-7,9,11,15H,8,10H2,1H3,(H,20,24)(H,21,25)(H,22,26). The smallest absolute Gasteiger partial charge is 0.288 e. The maximum Gasteiger partial charge on any atom is 0.288 e. The van der Waals surface area contributed by atoms with Crippen molar-refractivity contribution in [1.29, 1.82) is 0 Å². The van der Waals surface area contributed by atoms with Crippen LogP contribution in [-0.2, 0) is 4.79 Å². The number of hydrogen-bond acceptors (Lipinski definition) is 7. The van der Waals surface area contributed by atoms with Crippen molar-refractivity contribution < 1.29 is 19.3 Å². The number of rotatable bonds is 8. The number of pyridine rings is 1. The minimum absolute atomic E-state index is 0.0543. The Kier molecular flexibility index (Phi) is 8.10. The van der Waals surface area contributed by atoms with Crippen molar-refractivity contribution in [3.8, 4) is 0 Å². The van der Waals surface area contributed by atoms with E-state index in [1.165, 1.54) is 42.2 Å². The van der Waals surface area contributed by atoms with E-state index in [9.17, 15) is 24.5 Å². The SMILES string of the molecule is CSCCC(NC(=O)c1cccc([N+](=O)[O-])c1)C(=O)NNC(=O)c1ccccn1. The van der Waals surface area contributed by atoms with E-state index in [0.717, 1.165) is 6.07 Å². The summed E-state index contributed by atoms with van der Waals surface area (Å²) in [5.41, 5.74) is 4.45. The van der Waals surface area contributed by atoms with Gasteiger partial charge in [-0.05, 0) is 36.6 Å². The quantitative estimate of drug-likeness (QED) is 0.434. The first-order valence-corrected chi connectivity index (χ1v) is 9.87. The molecule has 1 aromatic carbocycles. The number of carbonyl (C=O) groups excluding carboxylic acids is 3. The van der Waals surface area contributed by atoms with Crippen LogP contribution in [0.4, 0.5) is 5.69 Å². The van der Waals surface area contributed by atoms with Crippen LogP contribution in [0.3, 0.4) is 0 Å². The molecule has 3 N–H and O–H groups in total. The second kappa shape index (κ2) is 10.8. The first-order chi connectivity index (χ1) is 13.9. The topological polar surface area (TPSA) is 143 Å². The van der Waals surface area contributed by atoms with Crippen molar-refractivity contribution in [3.63, 3.8) is 0 Å². The Morgan fingerprint density at radius 1 is 1.14 bits per heavy atom. The molecule has 1 heterocycles. The number of carbonyl (C=O) groups is 3. The van der Waals surface area contributed by atoms with Gasteiger partial charge in [-0.2, -0.15) is 11.8 Å². The van der Waals surface area contributed by atoms with E-state index in [2.05, 4.69) is 21.2 Å². The fourth-order valence-corrected chi connectivity index (χ4v) is 2.74. The van der Waals surface area contributed by atoms with Crippen molar-refractivity contribution in [3.05, 3.63) is 70.0 Å². The van der Waals surface area contributed by atoms with Crippen molar-refractivity contribution in [1.82, 2.24) is 21.2 Å². The molecule has 2 rings (SSSR count). The number of non-ortho nitro benzene ring substituents is 1. The van der Waals surface area contributed by atoms with E-state index in [0.29, 0.717) is 12.2 Å². The van der Waals surface area contributed by atoms with Crippen LogP contribution in [0.2, 0.25) is 0 Å². The Morgan fingerprint density at radius 3 is 2.59 bits per heavy atom. The normalized spacial score (nSPS) is 11.2. The molecule has 3 amide bonds. The minimum Gasteiger partial charge on any atom is -0.340 e. The third-order valence-electron chi connectivity index (χ3n) is 3.75. The highest BCUT2D eigenvalue weighted by molar-refractivity contribution is 7.98. The highest BCUT2D eigenvalue weighted by Crippen LogP contribution is 2.13. The summed E-state index contributed by atoms with van der Waals surface area (Å²) in [6.45, 7) is 0. The summed E-state index contributed by atoms with van der Waals surface area (Å²) < 4.78 is 0. The van der Waals surface area contributed by atoms with Crippen molar-refractivity contribution in [2.75, 3.05) is 12.0 Å². The van der Waals surface area contributed by atoms with Gasteiger partial charge in [-0.1, -0.05) is 12.1 Å². The predicted molar refractivity (Wildman–Crippen MR) is 107 cm³/mol. The Bertz CT molecular complexity index is 893. The van der Waals surface area contributed by atoms with Crippen molar-refractivity contribution in [2.24, 2.45) is 0 Å². The van der Waals surface area contributed by atoms with E-state index in [1.807, 2.05) is 6.26 Å². The third kappa shape index (κ3) is 6.57. The molecule has 29 heavy (non-hydrogen) atoms. The number of nitrogens with one attached hydrogen (secondary N) is 3. The Balaban J connectivity index is 2.03. The van der Waals surface area contributed by atoms with Crippen molar-refractivity contribution >= 4 is 35.2 Å². The summed E-state index contributed by atoms with van der Waals surface area (Å²) in [7, 11) is 0. The molecule has 0 spiro atoms. The number of nitro groups is 1. The molecule has 10 nitrogen and oxygen atoms in total. The lowest BCUT2D eigenvalue weighted by molar-refractivity contribution is -0.384. The van der Waals surface area contributed by atoms with Crippen molar-refractivity contribution in [2.45, 2.75) is 12.5 Å². The molecular formula is C18H19N5O5S. The first-order valence-electron chi connectivity index (χ1n) is 8.48. The van der Waals surface area contributed by atoms with Gasteiger partial charge >= 0.3 is 0 Å². The zero-order valence-electron chi connectivity index (χ0n) is 15.5. The van der Waals surface area contributed by atoms with E-state index >= 15 is 0 Å². The molecule has 1 atom stereocenters. The number of nitrogens with zero attached hydrogens (tertiary/aromatic N) is 2. The molecule has 0 aliphatic rings. The number of hydrazine groups is 1. The maximum absolute atomic E-state index is 12.4. The van der Waals surface area contributed by atoms with Crippen LogP contribution in [0.5, 0.6) is 0 Å². The summed E-state index contributed by atoms with van der Waals surface area (Å²) in [5, 5.41) is 13.4. The molecule has 0 bridgehead atoms. The number of thioether (sulfide) groups is 1. The van der Waals surface area contributed by atoms with Crippen LogP contribution >= 0.6 is 11.8 Å². The second-order valence-electron chi connectivity index (χ2n) is 5.77. The molecule has 11 heteroatoms. The summed E-state index contributed by atoms with van der Waals surface area (Å²) in [5.74, 6) is -1.29. The number of amides is 3. The average Bonchev–Trinajstić information content (AvgIpc) is 2.75. The summed E-state index contributed by atoms with van der Waals surface area (Å²) in [4.78, 5) is 51.0. The van der Waals surface area contributed by atoms with Gasteiger partial charge in [0, 0.05) is 23.9 Å². The highest BCUT2D eigenvalue weighted by Gasteiger charge is 2.22. The van der Waals surface area contributed by atoms with Crippen LogP contribution in [0.1, 0.15) is 27.3 Å². The predicted octanol–water partition coefficient (Wildman–Crippen LogP) is 1.30.